The molecule has 0 spiro atoms. The van der Waals surface area contributed by atoms with Crippen LogP contribution in [0.5, 0.6) is 0 Å². The van der Waals surface area contributed by atoms with Crippen molar-refractivity contribution >= 4 is 11.8 Å². The Morgan fingerprint density at radius 3 is 2.64 bits per heavy atom. The molecule has 0 aliphatic rings. The van der Waals surface area contributed by atoms with Crippen molar-refractivity contribution in [3.8, 4) is 0 Å². The van der Waals surface area contributed by atoms with E-state index in [1.807, 2.05) is 19.1 Å². The minimum atomic E-state index is 0.671. The highest BCUT2D eigenvalue weighted by Gasteiger charge is 2.02. The van der Waals surface area contributed by atoms with Gasteiger partial charge in [0.15, 0.2) is 0 Å². The summed E-state index contributed by atoms with van der Waals surface area (Å²) in [5.41, 5.74) is 2.26. The van der Waals surface area contributed by atoms with E-state index < -0.39 is 0 Å². The summed E-state index contributed by atoms with van der Waals surface area (Å²) >= 11 is 0. The fourth-order valence-electron chi connectivity index (χ4n) is 2.13. The number of aryl methyl sites for hydroxylation is 1. The molecule has 5 heteroatoms. The van der Waals surface area contributed by atoms with Gasteiger partial charge >= 0.3 is 0 Å². The predicted octanol–water partition coefficient (Wildman–Crippen LogP) is 2.89. The number of ether oxygens (including phenoxy) is 1. The summed E-state index contributed by atoms with van der Waals surface area (Å²) in [6.45, 7) is 4.38. The van der Waals surface area contributed by atoms with Crippen LogP contribution in [-0.2, 0) is 11.2 Å². The monoisotopic (exact) mass is 300 g/mol. The number of anilines is 2. The van der Waals surface area contributed by atoms with Crippen molar-refractivity contribution in [3.05, 3.63) is 47.7 Å². The molecule has 0 bridgehead atoms. The highest BCUT2D eigenvalue weighted by molar-refractivity contribution is 5.42. The molecule has 0 radical (unpaired) electrons. The second-order valence-electron chi connectivity index (χ2n) is 5.15. The van der Waals surface area contributed by atoms with Gasteiger partial charge in [0.2, 0.25) is 5.95 Å². The second kappa shape index (κ2) is 9.00. The maximum absolute atomic E-state index is 5.04. The smallest absolute Gasteiger partial charge is 0.224 e. The Bertz CT molecular complexity index is 560. The Balaban J connectivity index is 1.83. The van der Waals surface area contributed by atoms with E-state index >= 15 is 0 Å². The van der Waals surface area contributed by atoms with Gasteiger partial charge in [-0.15, -0.1) is 0 Å². The van der Waals surface area contributed by atoms with Crippen LogP contribution in [0.25, 0.3) is 0 Å². The zero-order valence-electron chi connectivity index (χ0n) is 13.3. The molecule has 0 fully saturated rings. The summed E-state index contributed by atoms with van der Waals surface area (Å²) in [5.74, 6) is 1.52. The summed E-state index contributed by atoms with van der Waals surface area (Å²) < 4.78 is 5.04. The molecule has 118 valence electrons. The Morgan fingerprint density at radius 2 is 1.86 bits per heavy atom. The van der Waals surface area contributed by atoms with Gasteiger partial charge < -0.3 is 15.4 Å². The molecule has 0 amide bonds. The molecule has 0 unspecified atom stereocenters. The maximum atomic E-state index is 5.04. The van der Waals surface area contributed by atoms with Gasteiger partial charge in [0.25, 0.3) is 0 Å². The molecule has 5 nitrogen and oxygen atoms in total. The summed E-state index contributed by atoms with van der Waals surface area (Å²) in [4.78, 5) is 8.91. The quantitative estimate of drug-likeness (QED) is 0.697. The fourth-order valence-corrected chi connectivity index (χ4v) is 2.13. The van der Waals surface area contributed by atoms with E-state index in [-0.39, 0.29) is 0 Å². The van der Waals surface area contributed by atoms with Crippen LogP contribution < -0.4 is 10.6 Å². The van der Waals surface area contributed by atoms with E-state index in [9.17, 15) is 0 Å². The molecule has 0 saturated heterocycles. The average Bonchev–Trinajstić information content (AvgIpc) is 2.52. The zero-order chi connectivity index (χ0) is 15.6. The van der Waals surface area contributed by atoms with E-state index in [4.69, 9.17) is 4.74 Å². The molecule has 1 aromatic carbocycles. The van der Waals surface area contributed by atoms with Gasteiger partial charge in [-0.3, -0.25) is 0 Å². The minimum Gasteiger partial charge on any atom is -0.385 e. The highest BCUT2D eigenvalue weighted by atomic mass is 16.5. The van der Waals surface area contributed by atoms with Crippen LogP contribution in [0, 0.1) is 6.92 Å². The number of benzene rings is 1. The number of rotatable bonds is 9. The molecule has 22 heavy (non-hydrogen) atoms. The molecule has 0 aliphatic heterocycles. The van der Waals surface area contributed by atoms with Crippen LogP contribution in [0.1, 0.15) is 17.7 Å². The molecular formula is C17H24N4O. The Hall–Kier alpha value is -2.14. The number of nitrogens with one attached hydrogen (secondary N) is 2. The average molecular weight is 300 g/mol. The predicted molar refractivity (Wildman–Crippen MR) is 90.4 cm³/mol. The van der Waals surface area contributed by atoms with Crippen LogP contribution in [0.3, 0.4) is 0 Å². The minimum absolute atomic E-state index is 0.671. The van der Waals surface area contributed by atoms with E-state index in [1.54, 1.807) is 7.11 Å². The van der Waals surface area contributed by atoms with Crippen molar-refractivity contribution < 1.29 is 4.74 Å². The zero-order valence-corrected chi connectivity index (χ0v) is 13.3. The lowest BCUT2D eigenvalue weighted by molar-refractivity contribution is 0.198. The third kappa shape index (κ3) is 5.69. The van der Waals surface area contributed by atoms with Crippen molar-refractivity contribution in [2.45, 2.75) is 19.8 Å². The molecule has 2 rings (SSSR count). The number of hydrogen-bond acceptors (Lipinski definition) is 5. The first-order chi connectivity index (χ1) is 10.8. The lowest BCUT2D eigenvalue weighted by Crippen LogP contribution is -2.11. The summed E-state index contributed by atoms with van der Waals surface area (Å²) in [5, 5.41) is 6.59. The molecule has 0 aliphatic carbocycles. The topological polar surface area (TPSA) is 59.1 Å². The molecule has 1 heterocycles. The number of aromatic nitrogens is 2. The SMILES string of the molecule is COCCCNc1cc(C)nc(NCCc2ccccc2)n1. The van der Waals surface area contributed by atoms with Crippen LogP contribution in [0.4, 0.5) is 11.8 Å². The van der Waals surface area contributed by atoms with Crippen molar-refractivity contribution in [3.63, 3.8) is 0 Å². The van der Waals surface area contributed by atoms with Crippen LogP contribution in [0.2, 0.25) is 0 Å². The van der Waals surface area contributed by atoms with Gasteiger partial charge in [0, 0.05) is 38.6 Å². The van der Waals surface area contributed by atoms with Crippen molar-refractivity contribution in [2.24, 2.45) is 0 Å². The van der Waals surface area contributed by atoms with Gasteiger partial charge in [0.1, 0.15) is 5.82 Å². The standard InChI is InChI=1S/C17H24N4O/c1-14-13-16(18-10-6-12-22-2)21-17(20-14)19-11-9-15-7-4-3-5-8-15/h3-5,7-8,13H,6,9-12H2,1-2H3,(H2,18,19,20,21). The lowest BCUT2D eigenvalue weighted by atomic mass is 10.1. The van der Waals surface area contributed by atoms with Gasteiger partial charge in [0.05, 0.1) is 0 Å². The molecule has 2 N–H and O–H groups in total. The van der Waals surface area contributed by atoms with Crippen molar-refractivity contribution in [1.29, 1.82) is 0 Å². The first kappa shape index (κ1) is 16.2. The largest absolute Gasteiger partial charge is 0.385 e. The molecule has 1 aromatic heterocycles. The lowest BCUT2D eigenvalue weighted by Gasteiger charge is -2.10. The van der Waals surface area contributed by atoms with Crippen LogP contribution >= 0.6 is 0 Å². The highest BCUT2D eigenvalue weighted by Crippen LogP contribution is 2.10. The van der Waals surface area contributed by atoms with Gasteiger partial charge in [-0.25, -0.2) is 4.98 Å². The number of nitrogens with zero attached hydrogens (tertiary/aromatic N) is 2. The first-order valence-corrected chi connectivity index (χ1v) is 7.64. The van der Waals surface area contributed by atoms with Crippen molar-refractivity contribution in [1.82, 2.24) is 9.97 Å². The maximum Gasteiger partial charge on any atom is 0.224 e. The number of hydrogen-bond donors (Lipinski definition) is 2. The second-order valence-corrected chi connectivity index (χ2v) is 5.15. The van der Waals surface area contributed by atoms with Crippen LogP contribution in [0.15, 0.2) is 36.4 Å². The molecule has 2 aromatic rings. The third-order valence-electron chi connectivity index (χ3n) is 3.23. The van der Waals surface area contributed by atoms with E-state index in [0.717, 1.165) is 44.0 Å². The summed E-state index contributed by atoms with van der Waals surface area (Å²) in [6, 6.07) is 12.3. The Labute approximate surface area is 132 Å². The van der Waals surface area contributed by atoms with Gasteiger partial charge in [-0.2, -0.15) is 4.98 Å². The Kier molecular flexibility index (Phi) is 6.64. The first-order valence-electron chi connectivity index (χ1n) is 7.64. The number of methoxy groups -OCH3 is 1. The van der Waals surface area contributed by atoms with E-state index in [0.29, 0.717) is 5.95 Å². The molecule has 0 saturated carbocycles. The third-order valence-corrected chi connectivity index (χ3v) is 3.23. The normalized spacial score (nSPS) is 10.5. The Morgan fingerprint density at radius 1 is 1.05 bits per heavy atom. The van der Waals surface area contributed by atoms with Gasteiger partial charge in [-0.05, 0) is 25.3 Å². The van der Waals surface area contributed by atoms with E-state index in [1.165, 1.54) is 5.56 Å². The van der Waals surface area contributed by atoms with Crippen molar-refractivity contribution in [2.75, 3.05) is 37.4 Å². The fraction of sp³-hybridized carbons (Fsp3) is 0.412. The summed E-state index contributed by atoms with van der Waals surface area (Å²) in [6.07, 6.45) is 1.91. The van der Waals surface area contributed by atoms with E-state index in [2.05, 4.69) is 44.9 Å². The molecular weight excluding hydrogens is 276 g/mol. The van der Waals surface area contributed by atoms with Gasteiger partial charge in [-0.1, -0.05) is 30.3 Å². The summed E-state index contributed by atoms with van der Waals surface area (Å²) in [7, 11) is 1.71. The van der Waals surface area contributed by atoms with Crippen LogP contribution in [-0.4, -0.2) is 36.8 Å². The molecule has 0 atom stereocenters.